The van der Waals surface area contributed by atoms with Gasteiger partial charge in [0.15, 0.2) is 0 Å². The maximum atomic E-state index is 12.8. The summed E-state index contributed by atoms with van der Waals surface area (Å²) in [6.45, 7) is 5.95. The number of rotatable bonds is 7. The molecule has 0 aliphatic heterocycles. The van der Waals surface area contributed by atoms with Crippen LogP contribution in [0.4, 0.5) is 0 Å². The van der Waals surface area contributed by atoms with Gasteiger partial charge in [0.2, 0.25) is 10.0 Å². The molecule has 0 bridgehead atoms. The van der Waals surface area contributed by atoms with E-state index >= 15 is 0 Å². The number of aryl methyl sites for hydroxylation is 2. The topological polar surface area (TPSA) is 78.8 Å². The largest absolute Gasteiger partial charge is 0.271 e. The van der Waals surface area contributed by atoms with Gasteiger partial charge < -0.3 is 0 Å². The van der Waals surface area contributed by atoms with Gasteiger partial charge in [-0.1, -0.05) is 59.7 Å². The Balaban J connectivity index is 1.64. The first kappa shape index (κ1) is 23.4. The summed E-state index contributed by atoms with van der Waals surface area (Å²) in [4.78, 5) is 12.7. The van der Waals surface area contributed by atoms with Crippen molar-refractivity contribution in [3.8, 4) is 0 Å². The van der Waals surface area contributed by atoms with Crippen LogP contribution >= 0.6 is 0 Å². The van der Waals surface area contributed by atoms with Gasteiger partial charge in [0.1, 0.15) is 0 Å². The molecule has 0 saturated carbocycles. The highest BCUT2D eigenvalue weighted by Crippen LogP contribution is 2.17. The van der Waals surface area contributed by atoms with Gasteiger partial charge in [0.05, 0.1) is 10.6 Å². The van der Waals surface area contributed by atoms with E-state index in [2.05, 4.69) is 10.5 Å². The summed E-state index contributed by atoms with van der Waals surface area (Å²) in [6, 6.07) is 21.5. The fraction of sp³-hybridized carbons (Fsp3) is 0.200. The molecule has 32 heavy (non-hydrogen) atoms. The lowest BCUT2D eigenvalue weighted by molar-refractivity contribution is 0.0955. The van der Waals surface area contributed by atoms with Gasteiger partial charge in [-0.15, -0.1) is 0 Å². The van der Waals surface area contributed by atoms with E-state index in [0.29, 0.717) is 11.3 Å². The molecule has 1 N–H and O–H groups in total. The van der Waals surface area contributed by atoms with Crippen molar-refractivity contribution in [1.29, 1.82) is 0 Å². The predicted molar refractivity (Wildman–Crippen MR) is 127 cm³/mol. The molecule has 7 heteroatoms. The minimum atomic E-state index is -3.59. The molecule has 0 aromatic heterocycles. The summed E-state index contributed by atoms with van der Waals surface area (Å²) in [5, 5.41) is 4.17. The third kappa shape index (κ3) is 5.69. The summed E-state index contributed by atoms with van der Waals surface area (Å²) >= 11 is 0. The molecule has 6 nitrogen and oxygen atoms in total. The molecular weight excluding hydrogens is 422 g/mol. The van der Waals surface area contributed by atoms with Crippen molar-refractivity contribution in [2.75, 3.05) is 7.05 Å². The average Bonchev–Trinajstić information content (AvgIpc) is 2.78. The van der Waals surface area contributed by atoms with Crippen LogP contribution in [0.5, 0.6) is 0 Å². The third-order valence-electron chi connectivity index (χ3n) is 5.15. The molecule has 0 fully saturated rings. The molecule has 0 aliphatic carbocycles. The van der Waals surface area contributed by atoms with Gasteiger partial charge in [-0.05, 0) is 56.2 Å². The van der Waals surface area contributed by atoms with Gasteiger partial charge in [-0.3, -0.25) is 4.79 Å². The molecule has 0 unspecified atom stereocenters. The molecule has 0 atom stereocenters. The lowest BCUT2D eigenvalue weighted by atomic mass is 10.1. The highest BCUT2D eigenvalue weighted by Gasteiger charge is 2.20. The minimum Gasteiger partial charge on any atom is -0.267 e. The lowest BCUT2D eigenvalue weighted by Gasteiger charge is -2.17. The number of carbonyl (C=O) groups excluding carboxylic acids is 1. The van der Waals surface area contributed by atoms with Gasteiger partial charge in [-0.2, -0.15) is 9.41 Å². The second kappa shape index (κ2) is 9.89. The highest BCUT2D eigenvalue weighted by atomic mass is 32.2. The van der Waals surface area contributed by atoms with Crippen LogP contribution in [0, 0.1) is 13.8 Å². The molecule has 0 radical (unpaired) electrons. The van der Waals surface area contributed by atoms with E-state index in [4.69, 9.17) is 0 Å². The number of hydrazone groups is 1. The van der Waals surface area contributed by atoms with E-state index in [1.54, 1.807) is 55.6 Å². The summed E-state index contributed by atoms with van der Waals surface area (Å²) in [6.07, 6.45) is 0. The highest BCUT2D eigenvalue weighted by molar-refractivity contribution is 7.89. The van der Waals surface area contributed by atoms with Crippen molar-refractivity contribution in [2.45, 2.75) is 32.2 Å². The first-order chi connectivity index (χ1) is 15.2. The zero-order valence-corrected chi connectivity index (χ0v) is 19.5. The molecular formula is C25H27N3O3S. The SMILES string of the molecule is C/C(=N\NC(=O)c1ccc(CN(C)S(=O)(=O)c2ccc(C)cc2)cc1)c1ccc(C)cc1. The fourth-order valence-electron chi connectivity index (χ4n) is 3.05. The van der Waals surface area contributed by atoms with Gasteiger partial charge in [0, 0.05) is 19.2 Å². The van der Waals surface area contributed by atoms with Crippen molar-refractivity contribution in [2.24, 2.45) is 5.10 Å². The number of hydrogen-bond acceptors (Lipinski definition) is 4. The van der Waals surface area contributed by atoms with Crippen LogP contribution in [0.25, 0.3) is 0 Å². The second-order valence-corrected chi connectivity index (χ2v) is 9.82. The Morgan fingerprint density at radius 3 is 1.91 bits per heavy atom. The number of hydrogen-bond donors (Lipinski definition) is 1. The summed E-state index contributed by atoms with van der Waals surface area (Å²) in [7, 11) is -2.05. The maximum absolute atomic E-state index is 12.8. The molecule has 0 saturated heterocycles. The summed E-state index contributed by atoms with van der Waals surface area (Å²) in [5.41, 5.74) is 7.58. The summed E-state index contributed by atoms with van der Waals surface area (Å²) < 4.78 is 26.8. The van der Waals surface area contributed by atoms with Crippen LogP contribution in [-0.4, -0.2) is 31.4 Å². The fourth-order valence-corrected chi connectivity index (χ4v) is 4.21. The van der Waals surface area contributed by atoms with Crippen LogP contribution in [0.2, 0.25) is 0 Å². The zero-order chi connectivity index (χ0) is 23.3. The quantitative estimate of drug-likeness (QED) is 0.432. The Morgan fingerprint density at radius 1 is 0.844 bits per heavy atom. The number of amides is 1. The Bertz CT molecular complexity index is 1210. The van der Waals surface area contributed by atoms with Crippen molar-refractivity contribution in [1.82, 2.24) is 9.73 Å². The zero-order valence-electron chi connectivity index (χ0n) is 18.7. The third-order valence-corrected chi connectivity index (χ3v) is 6.96. The average molecular weight is 450 g/mol. The van der Waals surface area contributed by atoms with E-state index in [1.807, 2.05) is 45.0 Å². The molecule has 1 amide bonds. The van der Waals surface area contributed by atoms with Crippen molar-refractivity contribution < 1.29 is 13.2 Å². The molecule has 0 heterocycles. The molecule has 0 aliphatic rings. The van der Waals surface area contributed by atoms with Gasteiger partial charge in [-0.25, -0.2) is 13.8 Å². The van der Waals surface area contributed by atoms with Crippen LogP contribution in [0.1, 0.15) is 39.5 Å². The molecule has 0 spiro atoms. The van der Waals surface area contributed by atoms with Crippen molar-refractivity contribution >= 4 is 21.6 Å². The molecule has 3 rings (SSSR count). The predicted octanol–water partition coefficient (Wildman–Crippen LogP) is 4.28. The monoisotopic (exact) mass is 449 g/mol. The van der Waals surface area contributed by atoms with E-state index in [9.17, 15) is 13.2 Å². The Labute approximate surface area is 189 Å². The van der Waals surface area contributed by atoms with Crippen LogP contribution in [0.15, 0.2) is 82.8 Å². The molecule has 3 aromatic carbocycles. The Hall–Kier alpha value is -3.29. The number of nitrogens with one attached hydrogen (secondary N) is 1. The Morgan fingerprint density at radius 2 is 1.34 bits per heavy atom. The van der Waals surface area contributed by atoms with E-state index in [1.165, 1.54) is 4.31 Å². The maximum Gasteiger partial charge on any atom is 0.271 e. The van der Waals surface area contributed by atoms with Crippen molar-refractivity contribution in [3.63, 3.8) is 0 Å². The molecule has 3 aromatic rings. The normalized spacial score (nSPS) is 12.1. The first-order valence-electron chi connectivity index (χ1n) is 10.2. The standard InChI is InChI=1S/C25H27N3O3S/c1-18-5-11-22(12-6-18)20(3)26-27-25(29)23-13-9-21(10-14-23)17-28(4)32(30,31)24-15-7-19(2)8-16-24/h5-16H,17H2,1-4H3,(H,27,29)/b26-20+. The van der Waals surface area contributed by atoms with E-state index in [0.717, 1.165) is 22.3 Å². The van der Waals surface area contributed by atoms with Crippen LogP contribution in [-0.2, 0) is 16.6 Å². The smallest absolute Gasteiger partial charge is 0.267 e. The molecule has 166 valence electrons. The van der Waals surface area contributed by atoms with E-state index in [-0.39, 0.29) is 17.3 Å². The van der Waals surface area contributed by atoms with Crippen LogP contribution < -0.4 is 5.43 Å². The van der Waals surface area contributed by atoms with Gasteiger partial charge in [0.25, 0.3) is 5.91 Å². The Kier molecular flexibility index (Phi) is 7.22. The second-order valence-electron chi connectivity index (χ2n) is 7.78. The lowest BCUT2D eigenvalue weighted by Crippen LogP contribution is -2.26. The number of nitrogens with zero attached hydrogens (tertiary/aromatic N) is 2. The number of benzene rings is 3. The van der Waals surface area contributed by atoms with Crippen molar-refractivity contribution in [3.05, 3.63) is 101 Å². The van der Waals surface area contributed by atoms with E-state index < -0.39 is 10.0 Å². The number of carbonyl (C=O) groups is 1. The summed E-state index contributed by atoms with van der Waals surface area (Å²) in [5.74, 6) is -0.330. The van der Waals surface area contributed by atoms with Gasteiger partial charge >= 0.3 is 0 Å². The first-order valence-corrected chi connectivity index (χ1v) is 11.6. The number of sulfonamides is 1. The van der Waals surface area contributed by atoms with Crippen LogP contribution in [0.3, 0.4) is 0 Å². The minimum absolute atomic E-state index is 0.197.